The van der Waals surface area contributed by atoms with Gasteiger partial charge in [-0.25, -0.2) is 0 Å². The average Bonchev–Trinajstić information content (AvgIpc) is 2.52. The number of likely N-dealkylation sites (N-methyl/N-ethyl adjacent to an activating group) is 1. The van der Waals surface area contributed by atoms with Crippen LogP contribution in [-0.2, 0) is 6.54 Å². The fourth-order valence-electron chi connectivity index (χ4n) is 2.64. The summed E-state index contributed by atoms with van der Waals surface area (Å²) in [6.45, 7) is 8.89. The standard InChI is InChI=1S/C17H29N3/c1-3-19(2)14-11-18-15-16-7-9-17(10-8-16)20-12-5-4-6-13-20/h7-10,18H,3-6,11-15H2,1-2H3. The van der Waals surface area contributed by atoms with Crippen molar-refractivity contribution in [3.8, 4) is 0 Å². The molecule has 0 saturated carbocycles. The molecule has 0 bridgehead atoms. The van der Waals surface area contributed by atoms with Gasteiger partial charge in [0, 0.05) is 38.4 Å². The molecule has 1 fully saturated rings. The quantitative estimate of drug-likeness (QED) is 0.772. The van der Waals surface area contributed by atoms with Crippen LogP contribution in [0.15, 0.2) is 24.3 Å². The monoisotopic (exact) mass is 275 g/mol. The van der Waals surface area contributed by atoms with Crippen LogP contribution in [0.5, 0.6) is 0 Å². The van der Waals surface area contributed by atoms with E-state index in [2.05, 4.69) is 53.4 Å². The van der Waals surface area contributed by atoms with E-state index in [1.54, 1.807) is 0 Å². The van der Waals surface area contributed by atoms with E-state index in [0.717, 1.165) is 26.2 Å². The van der Waals surface area contributed by atoms with Gasteiger partial charge in [0.2, 0.25) is 0 Å². The Morgan fingerprint density at radius 2 is 1.80 bits per heavy atom. The van der Waals surface area contributed by atoms with Gasteiger partial charge in [-0.15, -0.1) is 0 Å². The molecule has 0 radical (unpaired) electrons. The summed E-state index contributed by atoms with van der Waals surface area (Å²) in [4.78, 5) is 4.84. The largest absolute Gasteiger partial charge is 0.372 e. The van der Waals surface area contributed by atoms with Crippen molar-refractivity contribution in [3.05, 3.63) is 29.8 Å². The van der Waals surface area contributed by atoms with Gasteiger partial charge >= 0.3 is 0 Å². The second kappa shape index (κ2) is 8.28. The fourth-order valence-corrected chi connectivity index (χ4v) is 2.64. The second-order valence-corrected chi connectivity index (χ2v) is 5.79. The summed E-state index contributed by atoms with van der Waals surface area (Å²) in [6, 6.07) is 9.09. The van der Waals surface area contributed by atoms with Crippen molar-refractivity contribution >= 4 is 5.69 Å². The SMILES string of the molecule is CCN(C)CCNCc1ccc(N2CCCCC2)cc1. The van der Waals surface area contributed by atoms with E-state index < -0.39 is 0 Å². The Morgan fingerprint density at radius 3 is 2.45 bits per heavy atom. The minimum absolute atomic E-state index is 0.970. The molecule has 1 heterocycles. The highest BCUT2D eigenvalue weighted by Gasteiger charge is 2.10. The molecule has 0 unspecified atom stereocenters. The van der Waals surface area contributed by atoms with Gasteiger partial charge < -0.3 is 15.1 Å². The van der Waals surface area contributed by atoms with Crippen molar-refractivity contribution in [2.24, 2.45) is 0 Å². The molecule has 1 aliphatic rings. The van der Waals surface area contributed by atoms with Crippen LogP contribution in [0.3, 0.4) is 0 Å². The van der Waals surface area contributed by atoms with Gasteiger partial charge in [0.05, 0.1) is 0 Å². The average molecular weight is 275 g/mol. The van der Waals surface area contributed by atoms with Crippen molar-refractivity contribution in [1.29, 1.82) is 0 Å². The van der Waals surface area contributed by atoms with Crippen LogP contribution in [0.25, 0.3) is 0 Å². The lowest BCUT2D eigenvalue weighted by Crippen LogP contribution is -2.29. The zero-order valence-electron chi connectivity index (χ0n) is 13.1. The first-order valence-corrected chi connectivity index (χ1v) is 8.02. The van der Waals surface area contributed by atoms with E-state index in [1.165, 1.54) is 43.6 Å². The predicted octanol–water partition coefficient (Wildman–Crippen LogP) is 2.72. The Morgan fingerprint density at radius 1 is 1.10 bits per heavy atom. The molecule has 1 aliphatic heterocycles. The fraction of sp³-hybridized carbons (Fsp3) is 0.647. The van der Waals surface area contributed by atoms with Crippen molar-refractivity contribution < 1.29 is 0 Å². The molecule has 0 amide bonds. The maximum Gasteiger partial charge on any atom is 0.0366 e. The van der Waals surface area contributed by atoms with Gasteiger partial charge in [-0.2, -0.15) is 0 Å². The lowest BCUT2D eigenvalue weighted by molar-refractivity contribution is 0.349. The van der Waals surface area contributed by atoms with Crippen molar-refractivity contribution in [1.82, 2.24) is 10.2 Å². The smallest absolute Gasteiger partial charge is 0.0366 e. The molecule has 1 N–H and O–H groups in total. The van der Waals surface area contributed by atoms with E-state index in [-0.39, 0.29) is 0 Å². The van der Waals surface area contributed by atoms with Gasteiger partial charge in [0.15, 0.2) is 0 Å². The normalized spacial score (nSPS) is 15.8. The number of nitrogens with zero attached hydrogens (tertiary/aromatic N) is 2. The van der Waals surface area contributed by atoms with Gasteiger partial charge in [-0.1, -0.05) is 19.1 Å². The van der Waals surface area contributed by atoms with E-state index in [4.69, 9.17) is 0 Å². The zero-order valence-corrected chi connectivity index (χ0v) is 13.1. The Balaban J connectivity index is 1.73. The summed E-state index contributed by atoms with van der Waals surface area (Å²) >= 11 is 0. The molecular formula is C17H29N3. The van der Waals surface area contributed by atoms with Gasteiger partial charge in [-0.3, -0.25) is 0 Å². The third-order valence-electron chi connectivity index (χ3n) is 4.20. The highest BCUT2D eigenvalue weighted by atomic mass is 15.1. The second-order valence-electron chi connectivity index (χ2n) is 5.79. The molecule has 0 aliphatic carbocycles. The Labute approximate surface area is 124 Å². The molecule has 2 rings (SSSR count). The predicted molar refractivity (Wildman–Crippen MR) is 87.4 cm³/mol. The van der Waals surface area contributed by atoms with Crippen LogP contribution in [0, 0.1) is 0 Å². The summed E-state index contributed by atoms with van der Waals surface area (Å²) in [5.74, 6) is 0. The maximum atomic E-state index is 3.51. The molecule has 0 spiro atoms. The number of anilines is 1. The summed E-state index contributed by atoms with van der Waals surface area (Å²) in [7, 11) is 2.16. The van der Waals surface area contributed by atoms with Crippen LogP contribution < -0.4 is 10.2 Å². The van der Waals surface area contributed by atoms with Crippen molar-refractivity contribution in [2.75, 3.05) is 44.7 Å². The third kappa shape index (κ3) is 4.80. The van der Waals surface area contributed by atoms with Crippen LogP contribution in [0.4, 0.5) is 5.69 Å². The van der Waals surface area contributed by atoms with Crippen LogP contribution in [-0.4, -0.2) is 44.7 Å². The minimum Gasteiger partial charge on any atom is -0.372 e. The first-order chi connectivity index (χ1) is 9.79. The highest BCUT2D eigenvalue weighted by molar-refractivity contribution is 5.47. The molecule has 1 aromatic carbocycles. The first kappa shape index (κ1) is 15.3. The summed E-state index contributed by atoms with van der Waals surface area (Å²) in [5, 5.41) is 3.51. The molecule has 0 aromatic heterocycles. The lowest BCUT2D eigenvalue weighted by atomic mass is 10.1. The number of benzene rings is 1. The number of piperidine rings is 1. The van der Waals surface area contributed by atoms with E-state index in [9.17, 15) is 0 Å². The number of rotatable bonds is 7. The molecule has 0 atom stereocenters. The Hall–Kier alpha value is -1.06. The minimum atomic E-state index is 0.970. The van der Waals surface area contributed by atoms with E-state index in [1.807, 2.05) is 0 Å². The molecule has 112 valence electrons. The molecule has 1 aromatic rings. The van der Waals surface area contributed by atoms with Gasteiger partial charge in [0.1, 0.15) is 0 Å². The third-order valence-corrected chi connectivity index (χ3v) is 4.20. The number of hydrogen-bond donors (Lipinski definition) is 1. The molecule has 20 heavy (non-hydrogen) atoms. The van der Waals surface area contributed by atoms with Gasteiger partial charge in [0.25, 0.3) is 0 Å². The van der Waals surface area contributed by atoms with Crippen LogP contribution in [0.2, 0.25) is 0 Å². The topological polar surface area (TPSA) is 18.5 Å². The Kier molecular flexibility index (Phi) is 6.34. The molecule has 1 saturated heterocycles. The van der Waals surface area contributed by atoms with Crippen molar-refractivity contribution in [3.63, 3.8) is 0 Å². The number of hydrogen-bond acceptors (Lipinski definition) is 3. The highest BCUT2D eigenvalue weighted by Crippen LogP contribution is 2.20. The molecule has 3 nitrogen and oxygen atoms in total. The van der Waals surface area contributed by atoms with E-state index in [0.29, 0.717) is 0 Å². The van der Waals surface area contributed by atoms with Crippen molar-refractivity contribution in [2.45, 2.75) is 32.7 Å². The summed E-state index contributed by atoms with van der Waals surface area (Å²) in [6.07, 6.45) is 4.08. The summed E-state index contributed by atoms with van der Waals surface area (Å²) in [5.41, 5.74) is 2.77. The molecular weight excluding hydrogens is 246 g/mol. The van der Waals surface area contributed by atoms with E-state index >= 15 is 0 Å². The zero-order chi connectivity index (χ0) is 14.2. The molecule has 3 heteroatoms. The van der Waals surface area contributed by atoms with Crippen LogP contribution >= 0.6 is 0 Å². The summed E-state index contributed by atoms with van der Waals surface area (Å²) < 4.78 is 0. The first-order valence-electron chi connectivity index (χ1n) is 8.02. The Bertz CT molecular complexity index is 368. The number of nitrogens with one attached hydrogen (secondary N) is 1. The van der Waals surface area contributed by atoms with Gasteiger partial charge in [-0.05, 0) is 50.6 Å². The van der Waals surface area contributed by atoms with Crippen LogP contribution in [0.1, 0.15) is 31.7 Å². The lowest BCUT2D eigenvalue weighted by Gasteiger charge is -2.28. The maximum absolute atomic E-state index is 3.51.